The lowest BCUT2D eigenvalue weighted by Crippen LogP contribution is -2.33. The number of halogens is 2. The molecular weight excluding hydrogens is 376 g/mol. The Balaban J connectivity index is 1.50. The number of rotatable bonds is 3. The number of amides is 2. The van der Waals surface area contributed by atoms with Gasteiger partial charge in [0.15, 0.2) is 5.82 Å². The summed E-state index contributed by atoms with van der Waals surface area (Å²) in [6, 6.07) is 11.7. The maximum Gasteiger partial charge on any atom is 0.323 e. The molecule has 0 saturated carbocycles. The Morgan fingerprint density at radius 3 is 2.79 bits per heavy atom. The summed E-state index contributed by atoms with van der Waals surface area (Å²) < 4.78 is 27.2. The molecule has 0 aliphatic carbocycles. The van der Waals surface area contributed by atoms with Crippen LogP contribution in [0.5, 0.6) is 0 Å². The molecule has 2 aromatic heterocycles. The van der Waals surface area contributed by atoms with Crippen molar-refractivity contribution in [2.24, 2.45) is 0 Å². The van der Waals surface area contributed by atoms with Gasteiger partial charge in [-0.1, -0.05) is 6.07 Å². The second-order valence-electron chi connectivity index (χ2n) is 6.87. The van der Waals surface area contributed by atoms with Crippen LogP contribution in [-0.2, 0) is 0 Å². The van der Waals surface area contributed by atoms with Crippen molar-refractivity contribution in [3.63, 3.8) is 0 Å². The van der Waals surface area contributed by atoms with Gasteiger partial charge in [-0.25, -0.2) is 18.6 Å². The zero-order valence-electron chi connectivity index (χ0n) is 15.5. The average Bonchev–Trinajstić information content (AvgIpc) is 3.21. The Hall–Kier alpha value is -3.55. The van der Waals surface area contributed by atoms with Gasteiger partial charge in [0.05, 0.1) is 11.4 Å². The van der Waals surface area contributed by atoms with Gasteiger partial charge in [-0.3, -0.25) is 10.3 Å². The fraction of sp³-hybridized carbons (Fsp3) is 0.190. The third-order valence-corrected chi connectivity index (χ3v) is 4.94. The molecule has 1 atom stereocenters. The number of hydrogen-bond acceptors (Lipinski definition) is 4. The van der Waals surface area contributed by atoms with Crippen LogP contribution < -0.4 is 11.1 Å². The summed E-state index contributed by atoms with van der Waals surface area (Å²) in [7, 11) is 0. The summed E-state index contributed by atoms with van der Waals surface area (Å²) in [4.78, 5) is 23.0. The number of carbonyl (C=O) groups is 1. The van der Waals surface area contributed by atoms with E-state index in [0.29, 0.717) is 13.1 Å². The van der Waals surface area contributed by atoms with Gasteiger partial charge in [-0.05, 0) is 42.8 Å². The maximum absolute atomic E-state index is 14.1. The maximum atomic E-state index is 14.1. The standard InChI is InChI=1S/C21H19F2N5O/c22-14-4-5-15(16(23)11-14)19-7-6-17(24)20(26-19)27-21(29)28-10-8-13(12-28)18-3-1-2-9-25-18/h1-7,9,11,13H,8,10,12,24H2,(H,26,27,29). The summed E-state index contributed by atoms with van der Waals surface area (Å²) in [5.74, 6) is -1.10. The van der Waals surface area contributed by atoms with E-state index in [1.165, 1.54) is 18.2 Å². The first-order valence-corrected chi connectivity index (χ1v) is 9.20. The predicted molar refractivity (Wildman–Crippen MR) is 106 cm³/mol. The SMILES string of the molecule is Nc1ccc(-c2ccc(F)cc2F)nc1NC(=O)N1CCC(c2ccccn2)C1. The zero-order chi connectivity index (χ0) is 20.4. The number of pyridine rings is 2. The van der Waals surface area contributed by atoms with Crippen molar-refractivity contribution in [2.45, 2.75) is 12.3 Å². The number of anilines is 2. The van der Waals surface area contributed by atoms with Crippen LogP contribution in [0.4, 0.5) is 25.1 Å². The molecule has 3 heterocycles. The first-order valence-electron chi connectivity index (χ1n) is 9.20. The molecule has 1 aliphatic rings. The number of nitrogen functional groups attached to an aromatic ring is 1. The molecule has 3 aromatic rings. The summed E-state index contributed by atoms with van der Waals surface area (Å²) in [5, 5.41) is 2.70. The van der Waals surface area contributed by atoms with Gasteiger partial charge < -0.3 is 10.6 Å². The van der Waals surface area contributed by atoms with Gasteiger partial charge in [0.1, 0.15) is 11.6 Å². The molecule has 1 saturated heterocycles. The molecule has 1 aliphatic heterocycles. The molecule has 1 unspecified atom stereocenters. The molecule has 2 amide bonds. The third kappa shape index (κ3) is 4.01. The molecule has 0 bridgehead atoms. The number of likely N-dealkylation sites (tertiary alicyclic amines) is 1. The van der Waals surface area contributed by atoms with Crippen molar-refractivity contribution in [3.05, 3.63) is 72.1 Å². The molecule has 8 heteroatoms. The smallest absolute Gasteiger partial charge is 0.323 e. The highest BCUT2D eigenvalue weighted by molar-refractivity contribution is 5.92. The summed E-state index contributed by atoms with van der Waals surface area (Å²) in [6.45, 7) is 1.12. The number of urea groups is 1. The molecule has 0 radical (unpaired) electrons. The Labute approximate surface area is 166 Å². The third-order valence-electron chi connectivity index (χ3n) is 4.94. The molecule has 1 aromatic carbocycles. The molecule has 29 heavy (non-hydrogen) atoms. The van der Waals surface area contributed by atoms with E-state index in [9.17, 15) is 13.6 Å². The number of hydrogen-bond donors (Lipinski definition) is 2. The number of nitrogens with zero attached hydrogens (tertiary/aromatic N) is 3. The fourth-order valence-corrected chi connectivity index (χ4v) is 3.40. The van der Waals surface area contributed by atoms with Crippen LogP contribution in [0.1, 0.15) is 18.0 Å². The minimum Gasteiger partial charge on any atom is -0.396 e. The fourth-order valence-electron chi connectivity index (χ4n) is 3.40. The monoisotopic (exact) mass is 395 g/mol. The first-order chi connectivity index (χ1) is 14.0. The second kappa shape index (κ2) is 7.83. The Bertz CT molecular complexity index is 1040. The van der Waals surface area contributed by atoms with Crippen LogP contribution in [0.2, 0.25) is 0 Å². The van der Waals surface area contributed by atoms with E-state index < -0.39 is 11.6 Å². The summed E-state index contributed by atoms with van der Waals surface area (Å²) in [5.41, 5.74) is 7.52. The Morgan fingerprint density at radius 1 is 1.17 bits per heavy atom. The van der Waals surface area contributed by atoms with E-state index in [0.717, 1.165) is 24.2 Å². The Kier molecular flexibility index (Phi) is 5.07. The van der Waals surface area contributed by atoms with Crippen LogP contribution >= 0.6 is 0 Å². The Morgan fingerprint density at radius 2 is 2.03 bits per heavy atom. The van der Waals surface area contributed by atoms with Crippen LogP contribution in [-0.4, -0.2) is 34.0 Å². The van der Waals surface area contributed by atoms with Gasteiger partial charge >= 0.3 is 6.03 Å². The molecule has 4 rings (SSSR count). The summed E-state index contributed by atoms with van der Waals surface area (Å²) in [6.07, 6.45) is 2.55. The van der Waals surface area contributed by atoms with Gasteiger partial charge in [-0.15, -0.1) is 0 Å². The number of aromatic nitrogens is 2. The van der Waals surface area contributed by atoms with E-state index in [1.54, 1.807) is 11.1 Å². The number of nitrogens with two attached hydrogens (primary N) is 1. The minimum atomic E-state index is -0.739. The van der Waals surface area contributed by atoms with E-state index in [4.69, 9.17) is 5.73 Å². The molecule has 1 fully saturated rings. The lowest BCUT2D eigenvalue weighted by molar-refractivity contribution is 0.222. The van der Waals surface area contributed by atoms with Gasteiger partial charge in [0.2, 0.25) is 0 Å². The van der Waals surface area contributed by atoms with E-state index in [-0.39, 0.29) is 34.7 Å². The topological polar surface area (TPSA) is 84.1 Å². The lowest BCUT2D eigenvalue weighted by Gasteiger charge is -2.18. The van der Waals surface area contributed by atoms with Crippen LogP contribution in [0.3, 0.4) is 0 Å². The number of benzene rings is 1. The van der Waals surface area contributed by atoms with E-state index in [1.807, 2.05) is 18.2 Å². The van der Waals surface area contributed by atoms with Crippen molar-refractivity contribution < 1.29 is 13.6 Å². The first kappa shape index (κ1) is 18.8. The van der Waals surface area contributed by atoms with E-state index in [2.05, 4.69) is 15.3 Å². The predicted octanol–water partition coefficient (Wildman–Crippen LogP) is 4.03. The molecule has 6 nitrogen and oxygen atoms in total. The quantitative estimate of drug-likeness (QED) is 0.701. The molecule has 148 valence electrons. The average molecular weight is 395 g/mol. The second-order valence-corrected chi connectivity index (χ2v) is 6.87. The van der Waals surface area contributed by atoms with Crippen molar-refractivity contribution in [2.75, 3.05) is 24.1 Å². The van der Waals surface area contributed by atoms with Crippen molar-refractivity contribution in [1.29, 1.82) is 0 Å². The van der Waals surface area contributed by atoms with Crippen LogP contribution in [0, 0.1) is 11.6 Å². The largest absolute Gasteiger partial charge is 0.396 e. The zero-order valence-corrected chi connectivity index (χ0v) is 15.5. The summed E-state index contributed by atoms with van der Waals surface area (Å²) >= 11 is 0. The highest BCUT2D eigenvalue weighted by Crippen LogP contribution is 2.28. The molecule has 0 spiro atoms. The van der Waals surface area contributed by atoms with Crippen molar-refractivity contribution in [1.82, 2.24) is 14.9 Å². The van der Waals surface area contributed by atoms with Gasteiger partial charge in [0.25, 0.3) is 0 Å². The highest BCUT2D eigenvalue weighted by atomic mass is 19.1. The normalized spacial score (nSPS) is 16.1. The van der Waals surface area contributed by atoms with Crippen LogP contribution in [0.15, 0.2) is 54.7 Å². The van der Waals surface area contributed by atoms with Crippen molar-refractivity contribution in [3.8, 4) is 11.3 Å². The minimum absolute atomic E-state index is 0.123. The van der Waals surface area contributed by atoms with Crippen LogP contribution in [0.25, 0.3) is 11.3 Å². The van der Waals surface area contributed by atoms with Gasteiger partial charge in [-0.2, -0.15) is 0 Å². The number of nitrogens with one attached hydrogen (secondary N) is 1. The van der Waals surface area contributed by atoms with Gasteiger partial charge in [0, 0.05) is 42.5 Å². The molecular formula is C21H19F2N5O. The lowest BCUT2D eigenvalue weighted by atomic mass is 10.0. The highest BCUT2D eigenvalue weighted by Gasteiger charge is 2.28. The van der Waals surface area contributed by atoms with Crippen molar-refractivity contribution >= 4 is 17.5 Å². The van der Waals surface area contributed by atoms with E-state index >= 15 is 0 Å². The number of carbonyl (C=O) groups excluding carboxylic acids is 1. The molecule has 3 N–H and O–H groups in total.